The quantitative estimate of drug-likeness (QED) is 0.541. The van der Waals surface area contributed by atoms with E-state index >= 15 is 0 Å². The summed E-state index contributed by atoms with van der Waals surface area (Å²) in [6.07, 6.45) is 6.40. The molecule has 0 aliphatic carbocycles. The maximum absolute atomic E-state index is 11.0. The zero-order chi connectivity index (χ0) is 9.54. The van der Waals surface area contributed by atoms with Gasteiger partial charge in [0.15, 0.2) is 0 Å². The van der Waals surface area contributed by atoms with Crippen LogP contribution in [0.2, 0.25) is 0 Å². The van der Waals surface area contributed by atoms with Crippen molar-refractivity contribution in [2.75, 3.05) is 0 Å². The van der Waals surface area contributed by atoms with Gasteiger partial charge in [-0.1, -0.05) is 0 Å². The predicted molar refractivity (Wildman–Crippen MR) is 50.1 cm³/mol. The van der Waals surface area contributed by atoms with Crippen molar-refractivity contribution in [2.45, 2.75) is 0 Å². The second-order valence-corrected chi connectivity index (χ2v) is 2.92. The molecule has 5 heteroatoms. The molecule has 0 atom stereocenters. The summed E-state index contributed by atoms with van der Waals surface area (Å²) >= 11 is 0. The molecule has 66 valence electrons. The Hall–Kier alpha value is -2.17. The van der Waals surface area contributed by atoms with Crippen LogP contribution < -0.4 is 10.6 Å². The van der Waals surface area contributed by atoms with E-state index in [4.69, 9.17) is 0 Å². The fraction of sp³-hybridized carbons (Fsp3) is 0. The van der Waals surface area contributed by atoms with E-state index in [0.29, 0.717) is 5.36 Å². The minimum Gasteiger partial charge on any atom is -0.262 e. The first-order valence-corrected chi connectivity index (χ1v) is 4.04. The van der Waals surface area contributed by atoms with Gasteiger partial charge in [-0.05, 0) is 0 Å². The van der Waals surface area contributed by atoms with E-state index < -0.39 is 6.03 Å². The second-order valence-electron chi connectivity index (χ2n) is 2.92. The monoisotopic (exact) mass is 184 g/mol. The number of amides is 2. The van der Waals surface area contributed by atoms with E-state index in [-0.39, 0.29) is 0 Å². The van der Waals surface area contributed by atoms with Crippen LogP contribution in [0.25, 0.3) is 6.20 Å². The molecule has 2 aliphatic rings. The molecule has 0 saturated heterocycles. The fourth-order valence-corrected chi connectivity index (χ4v) is 1.43. The van der Waals surface area contributed by atoms with E-state index in [1.54, 1.807) is 18.6 Å². The number of carbonyl (C=O) groups is 1. The Morgan fingerprint density at radius 3 is 3.07 bits per heavy atom. The molecule has 0 radical (unpaired) electrons. The van der Waals surface area contributed by atoms with Crippen LogP contribution in [0.4, 0.5) is 4.79 Å². The highest BCUT2D eigenvalue weighted by Gasteiger charge is 2.10. The SMILES string of the molecule is O=C1N=Cc2cnc3c(c2=N1)=CN=C3. The number of nitrogens with zero attached hydrogens (tertiary/aromatic N) is 4. The molecular formula is C9H4N4O. The van der Waals surface area contributed by atoms with Gasteiger partial charge in [-0.2, -0.15) is 9.98 Å². The van der Waals surface area contributed by atoms with Gasteiger partial charge < -0.3 is 0 Å². The summed E-state index contributed by atoms with van der Waals surface area (Å²) in [5.74, 6) is 0. The average molecular weight is 184 g/mol. The van der Waals surface area contributed by atoms with Gasteiger partial charge in [0.25, 0.3) is 0 Å². The van der Waals surface area contributed by atoms with E-state index in [0.717, 1.165) is 16.5 Å². The minimum absolute atomic E-state index is 0.480. The fourth-order valence-electron chi connectivity index (χ4n) is 1.43. The van der Waals surface area contributed by atoms with E-state index in [1.807, 2.05) is 0 Å². The van der Waals surface area contributed by atoms with E-state index in [2.05, 4.69) is 20.0 Å². The van der Waals surface area contributed by atoms with Crippen molar-refractivity contribution in [3.8, 4) is 0 Å². The molecule has 2 aliphatic heterocycles. The Morgan fingerprint density at radius 2 is 2.14 bits per heavy atom. The largest absolute Gasteiger partial charge is 0.367 e. The first-order valence-electron chi connectivity index (χ1n) is 4.04. The molecule has 3 heterocycles. The Bertz CT molecular complexity index is 612. The third-order valence-electron chi connectivity index (χ3n) is 2.07. The van der Waals surface area contributed by atoms with Gasteiger partial charge in [-0.25, -0.2) is 4.79 Å². The average Bonchev–Trinajstić information content (AvgIpc) is 2.65. The molecule has 0 saturated carbocycles. The van der Waals surface area contributed by atoms with Gasteiger partial charge in [0.1, 0.15) is 0 Å². The number of carbonyl (C=O) groups excluding carboxylic acids is 1. The lowest BCUT2D eigenvalue weighted by Gasteiger charge is -1.99. The van der Waals surface area contributed by atoms with Gasteiger partial charge in [-0.15, -0.1) is 0 Å². The summed E-state index contributed by atoms with van der Waals surface area (Å²) in [5, 5.41) is 1.41. The standard InChI is InChI=1S/C9H4N4O/c14-9-12-2-5-1-11-7-4-10-3-6(7)8(5)13-9/h1-4H. The molecule has 1 aromatic rings. The van der Waals surface area contributed by atoms with Crippen molar-refractivity contribution in [3.63, 3.8) is 0 Å². The predicted octanol–water partition coefficient (Wildman–Crippen LogP) is -0.576. The first kappa shape index (κ1) is 7.25. The smallest absolute Gasteiger partial charge is 0.262 e. The second kappa shape index (κ2) is 2.41. The molecule has 0 spiro atoms. The maximum atomic E-state index is 11.0. The Balaban J connectivity index is 2.51. The van der Waals surface area contributed by atoms with Crippen LogP contribution in [0.15, 0.2) is 21.2 Å². The number of rotatable bonds is 0. The number of hydrogen-bond donors (Lipinski definition) is 0. The van der Waals surface area contributed by atoms with Gasteiger partial charge in [0, 0.05) is 29.4 Å². The molecule has 0 bridgehead atoms. The third-order valence-corrected chi connectivity index (χ3v) is 2.07. The first-order chi connectivity index (χ1) is 6.84. The summed E-state index contributed by atoms with van der Waals surface area (Å²) in [7, 11) is 0. The highest BCUT2D eigenvalue weighted by molar-refractivity contribution is 5.95. The van der Waals surface area contributed by atoms with Gasteiger partial charge in [0.05, 0.1) is 17.3 Å². The lowest BCUT2D eigenvalue weighted by molar-refractivity contribution is 0.256. The van der Waals surface area contributed by atoms with Crippen LogP contribution in [-0.2, 0) is 0 Å². The van der Waals surface area contributed by atoms with Gasteiger partial charge >= 0.3 is 6.03 Å². The van der Waals surface area contributed by atoms with Gasteiger partial charge in [0.2, 0.25) is 0 Å². The summed E-state index contributed by atoms with van der Waals surface area (Å²) < 4.78 is 0. The maximum Gasteiger partial charge on any atom is 0.367 e. The minimum atomic E-state index is -0.480. The molecule has 0 unspecified atom stereocenters. The van der Waals surface area contributed by atoms with Gasteiger partial charge in [-0.3, -0.25) is 9.98 Å². The highest BCUT2D eigenvalue weighted by atomic mass is 16.2. The molecule has 1 aromatic heterocycles. The van der Waals surface area contributed by atoms with Crippen LogP contribution in [-0.4, -0.2) is 23.4 Å². The lowest BCUT2D eigenvalue weighted by Crippen LogP contribution is -2.34. The van der Waals surface area contributed by atoms with Crippen molar-refractivity contribution in [1.29, 1.82) is 0 Å². The van der Waals surface area contributed by atoms with Crippen molar-refractivity contribution in [3.05, 3.63) is 28.0 Å². The Labute approximate surface area is 78.3 Å². The zero-order valence-corrected chi connectivity index (χ0v) is 7.01. The normalized spacial score (nSPS) is 15.9. The molecule has 14 heavy (non-hydrogen) atoms. The molecule has 3 rings (SSSR count). The zero-order valence-electron chi connectivity index (χ0n) is 7.01. The van der Waals surface area contributed by atoms with Crippen LogP contribution in [0, 0.1) is 0 Å². The molecular weight excluding hydrogens is 180 g/mol. The molecule has 0 fully saturated rings. The number of aliphatic imine (C=N–C) groups is 2. The summed E-state index contributed by atoms with van der Waals surface area (Å²) in [6, 6.07) is -0.480. The van der Waals surface area contributed by atoms with Crippen LogP contribution >= 0.6 is 0 Å². The van der Waals surface area contributed by atoms with Crippen LogP contribution in [0.3, 0.4) is 0 Å². The van der Waals surface area contributed by atoms with E-state index in [9.17, 15) is 4.79 Å². The van der Waals surface area contributed by atoms with Crippen molar-refractivity contribution in [2.24, 2.45) is 15.0 Å². The van der Waals surface area contributed by atoms with Crippen LogP contribution in [0.1, 0.15) is 11.3 Å². The van der Waals surface area contributed by atoms with Crippen molar-refractivity contribution in [1.82, 2.24) is 4.98 Å². The van der Waals surface area contributed by atoms with Crippen molar-refractivity contribution >= 4 is 24.7 Å². The van der Waals surface area contributed by atoms with Crippen molar-refractivity contribution < 1.29 is 4.79 Å². The number of aromatic nitrogens is 1. The third kappa shape index (κ3) is 0.861. The summed E-state index contributed by atoms with van der Waals surface area (Å²) in [6.45, 7) is 0. The molecule has 0 N–H and O–H groups in total. The molecule has 2 amide bonds. The molecule has 0 aromatic carbocycles. The number of urea groups is 1. The number of pyridine rings is 1. The highest BCUT2D eigenvalue weighted by Crippen LogP contribution is 1.94. The summed E-state index contributed by atoms with van der Waals surface area (Å²) in [5.41, 5.74) is 1.50. The lowest BCUT2D eigenvalue weighted by atomic mass is 10.2. The Morgan fingerprint density at radius 1 is 1.21 bits per heavy atom. The van der Waals surface area contributed by atoms with Crippen LogP contribution in [0.5, 0.6) is 0 Å². The summed E-state index contributed by atoms with van der Waals surface area (Å²) in [4.78, 5) is 26.5. The Kier molecular flexibility index (Phi) is 1.25. The van der Waals surface area contributed by atoms with E-state index in [1.165, 1.54) is 6.21 Å². The number of fused-ring (bicyclic) bond motifs is 3. The molecule has 5 nitrogen and oxygen atoms in total. The topological polar surface area (TPSA) is 67.0 Å². The number of hydrogen-bond acceptors (Lipinski definition) is 3.